The van der Waals surface area contributed by atoms with E-state index < -0.39 is 0 Å². The molecular weight excluding hydrogens is 338 g/mol. The molecule has 1 saturated carbocycles. The number of aryl methyl sites for hydroxylation is 1. The third-order valence-corrected chi connectivity index (χ3v) is 6.02. The first-order valence-corrected chi connectivity index (χ1v) is 10.1. The summed E-state index contributed by atoms with van der Waals surface area (Å²) in [6.45, 7) is 4.52. The molecule has 0 unspecified atom stereocenters. The van der Waals surface area contributed by atoms with Crippen molar-refractivity contribution in [2.24, 2.45) is 0 Å². The van der Waals surface area contributed by atoms with Gasteiger partial charge >= 0.3 is 0 Å². The standard InChI is InChI=1S/C22H29N3O2/c1-15-12-16(8-9-20(15)27-2)13-25-11-10-19-18(14-25)22(26)24-21(23-19)17-6-4-3-5-7-17/h8-9,12,17H,3-7,10-11,13-14H2,1-2H3,(H,23,24,26). The third-order valence-electron chi connectivity index (χ3n) is 6.02. The summed E-state index contributed by atoms with van der Waals surface area (Å²) < 4.78 is 5.35. The van der Waals surface area contributed by atoms with Crippen LogP contribution < -0.4 is 10.3 Å². The van der Waals surface area contributed by atoms with Gasteiger partial charge in [0, 0.05) is 32.0 Å². The molecule has 0 bridgehead atoms. The second-order valence-electron chi connectivity index (χ2n) is 7.98. The largest absolute Gasteiger partial charge is 0.496 e. The number of aromatic amines is 1. The average Bonchev–Trinajstić information content (AvgIpc) is 2.69. The minimum Gasteiger partial charge on any atom is -0.496 e. The first-order chi connectivity index (χ1) is 13.1. The van der Waals surface area contributed by atoms with E-state index in [0.717, 1.165) is 60.7 Å². The number of methoxy groups -OCH3 is 1. The van der Waals surface area contributed by atoms with E-state index in [0.29, 0.717) is 12.5 Å². The molecule has 0 amide bonds. The van der Waals surface area contributed by atoms with Crippen molar-refractivity contribution in [3.05, 3.63) is 56.8 Å². The van der Waals surface area contributed by atoms with Gasteiger partial charge in [0.2, 0.25) is 0 Å². The lowest BCUT2D eigenvalue weighted by Gasteiger charge is -2.29. The molecular formula is C22H29N3O2. The second kappa shape index (κ2) is 7.85. The second-order valence-corrected chi connectivity index (χ2v) is 7.98. The lowest BCUT2D eigenvalue weighted by atomic mass is 9.88. The molecule has 5 heteroatoms. The van der Waals surface area contributed by atoms with Crippen molar-refractivity contribution in [1.29, 1.82) is 0 Å². The summed E-state index contributed by atoms with van der Waals surface area (Å²) in [4.78, 5) is 23.0. The molecule has 2 aliphatic rings. The quantitative estimate of drug-likeness (QED) is 0.895. The number of hydrogen-bond donors (Lipinski definition) is 1. The lowest BCUT2D eigenvalue weighted by molar-refractivity contribution is 0.241. The fourth-order valence-electron chi connectivity index (χ4n) is 4.50. The summed E-state index contributed by atoms with van der Waals surface area (Å²) in [5.41, 5.74) is 4.33. The molecule has 1 aromatic carbocycles. The number of nitrogens with zero attached hydrogens (tertiary/aromatic N) is 2. The Bertz CT molecular complexity index is 868. The predicted molar refractivity (Wildman–Crippen MR) is 106 cm³/mol. The summed E-state index contributed by atoms with van der Waals surface area (Å²) in [5, 5.41) is 0. The summed E-state index contributed by atoms with van der Waals surface area (Å²) in [7, 11) is 1.70. The third kappa shape index (κ3) is 3.93. The Balaban J connectivity index is 1.49. The Morgan fingerprint density at radius 2 is 2.07 bits per heavy atom. The van der Waals surface area contributed by atoms with Crippen molar-refractivity contribution in [3.63, 3.8) is 0 Å². The number of aromatic nitrogens is 2. The van der Waals surface area contributed by atoms with E-state index in [-0.39, 0.29) is 5.56 Å². The van der Waals surface area contributed by atoms with Crippen molar-refractivity contribution in [2.45, 2.75) is 64.5 Å². The van der Waals surface area contributed by atoms with Crippen LogP contribution in [-0.4, -0.2) is 28.5 Å². The number of ether oxygens (including phenoxy) is 1. The van der Waals surface area contributed by atoms with Gasteiger partial charge in [-0.2, -0.15) is 0 Å². The highest BCUT2D eigenvalue weighted by atomic mass is 16.5. The van der Waals surface area contributed by atoms with Gasteiger partial charge in [0.05, 0.1) is 18.4 Å². The van der Waals surface area contributed by atoms with Crippen molar-refractivity contribution in [1.82, 2.24) is 14.9 Å². The van der Waals surface area contributed by atoms with Gasteiger partial charge in [0.1, 0.15) is 11.6 Å². The van der Waals surface area contributed by atoms with Gasteiger partial charge in [0.15, 0.2) is 0 Å². The van der Waals surface area contributed by atoms with Gasteiger partial charge in [-0.05, 0) is 37.0 Å². The number of hydrogen-bond acceptors (Lipinski definition) is 4. The van der Waals surface area contributed by atoms with Gasteiger partial charge in [0.25, 0.3) is 5.56 Å². The van der Waals surface area contributed by atoms with E-state index in [2.05, 4.69) is 28.9 Å². The molecule has 1 aromatic heterocycles. The van der Waals surface area contributed by atoms with E-state index in [1.165, 1.54) is 24.8 Å². The fourth-order valence-corrected chi connectivity index (χ4v) is 4.50. The van der Waals surface area contributed by atoms with E-state index >= 15 is 0 Å². The van der Waals surface area contributed by atoms with Crippen LogP contribution in [0.25, 0.3) is 0 Å². The zero-order chi connectivity index (χ0) is 18.8. The molecule has 1 aliphatic carbocycles. The van der Waals surface area contributed by atoms with Gasteiger partial charge in [-0.1, -0.05) is 31.4 Å². The minimum absolute atomic E-state index is 0.0659. The smallest absolute Gasteiger partial charge is 0.255 e. The molecule has 0 radical (unpaired) electrons. The van der Waals surface area contributed by atoms with E-state index in [1.807, 2.05) is 6.07 Å². The van der Waals surface area contributed by atoms with Crippen LogP contribution in [0.1, 0.15) is 66.2 Å². The highest BCUT2D eigenvalue weighted by Gasteiger charge is 2.24. The Kier molecular flexibility index (Phi) is 5.30. The predicted octanol–water partition coefficient (Wildman–Crippen LogP) is 3.69. The fraction of sp³-hybridized carbons (Fsp3) is 0.545. The summed E-state index contributed by atoms with van der Waals surface area (Å²) >= 11 is 0. The molecule has 5 nitrogen and oxygen atoms in total. The van der Waals surface area contributed by atoms with Crippen LogP contribution in [0, 0.1) is 6.92 Å². The molecule has 27 heavy (non-hydrogen) atoms. The number of fused-ring (bicyclic) bond motifs is 1. The normalized spacial score (nSPS) is 18.3. The number of rotatable bonds is 4. The maximum Gasteiger partial charge on any atom is 0.255 e. The Labute approximate surface area is 160 Å². The topological polar surface area (TPSA) is 58.2 Å². The molecule has 0 spiro atoms. The van der Waals surface area contributed by atoms with Crippen LogP contribution in [0.4, 0.5) is 0 Å². The molecule has 2 aromatic rings. The maximum atomic E-state index is 12.7. The van der Waals surface area contributed by atoms with Crippen LogP contribution in [0.15, 0.2) is 23.0 Å². The van der Waals surface area contributed by atoms with Crippen LogP contribution in [0.3, 0.4) is 0 Å². The molecule has 1 N–H and O–H groups in total. The zero-order valence-electron chi connectivity index (χ0n) is 16.4. The molecule has 144 valence electrons. The Hall–Kier alpha value is -2.14. The molecule has 0 saturated heterocycles. The van der Waals surface area contributed by atoms with Crippen molar-refractivity contribution in [2.75, 3.05) is 13.7 Å². The Morgan fingerprint density at radius 1 is 1.26 bits per heavy atom. The van der Waals surface area contributed by atoms with Gasteiger partial charge in [-0.15, -0.1) is 0 Å². The van der Waals surface area contributed by atoms with Gasteiger partial charge < -0.3 is 9.72 Å². The van der Waals surface area contributed by atoms with E-state index in [4.69, 9.17) is 9.72 Å². The van der Waals surface area contributed by atoms with Gasteiger partial charge in [-0.3, -0.25) is 9.69 Å². The summed E-state index contributed by atoms with van der Waals surface area (Å²) in [6.07, 6.45) is 6.98. The van der Waals surface area contributed by atoms with Crippen molar-refractivity contribution >= 4 is 0 Å². The lowest BCUT2D eigenvalue weighted by Crippen LogP contribution is -2.36. The highest BCUT2D eigenvalue weighted by molar-refractivity contribution is 5.36. The molecule has 2 heterocycles. The number of H-pyrrole nitrogens is 1. The van der Waals surface area contributed by atoms with Gasteiger partial charge in [-0.25, -0.2) is 4.98 Å². The maximum absolute atomic E-state index is 12.7. The highest BCUT2D eigenvalue weighted by Crippen LogP contribution is 2.31. The van der Waals surface area contributed by atoms with Crippen LogP contribution in [0.2, 0.25) is 0 Å². The van der Waals surface area contributed by atoms with Crippen molar-refractivity contribution < 1.29 is 4.74 Å². The SMILES string of the molecule is COc1ccc(CN2CCc3nc(C4CCCCC4)[nH]c(=O)c3C2)cc1C. The summed E-state index contributed by atoms with van der Waals surface area (Å²) in [5.74, 6) is 2.29. The molecule has 0 atom stereocenters. The number of benzene rings is 1. The molecule has 1 aliphatic heterocycles. The zero-order valence-corrected chi connectivity index (χ0v) is 16.4. The minimum atomic E-state index is 0.0659. The molecule has 4 rings (SSSR count). The van der Waals surface area contributed by atoms with E-state index in [9.17, 15) is 4.79 Å². The van der Waals surface area contributed by atoms with Crippen LogP contribution >= 0.6 is 0 Å². The van der Waals surface area contributed by atoms with Crippen molar-refractivity contribution in [3.8, 4) is 5.75 Å². The average molecular weight is 367 g/mol. The molecule has 1 fully saturated rings. The first-order valence-electron chi connectivity index (χ1n) is 10.1. The van der Waals surface area contributed by atoms with Crippen LogP contribution in [-0.2, 0) is 19.5 Å². The number of nitrogens with one attached hydrogen (secondary N) is 1. The summed E-state index contributed by atoms with van der Waals surface area (Å²) in [6, 6.07) is 6.30. The first kappa shape index (κ1) is 18.2. The van der Waals surface area contributed by atoms with Crippen LogP contribution in [0.5, 0.6) is 5.75 Å². The Morgan fingerprint density at radius 3 is 2.81 bits per heavy atom. The van der Waals surface area contributed by atoms with E-state index in [1.54, 1.807) is 7.11 Å². The monoisotopic (exact) mass is 367 g/mol.